The van der Waals surface area contributed by atoms with Crippen LogP contribution >= 0.6 is 20.8 Å². The van der Waals surface area contributed by atoms with Crippen molar-refractivity contribution in [3.05, 3.63) is 0 Å². The molecule has 23 heavy (non-hydrogen) atoms. The molecule has 0 bridgehead atoms. The van der Waals surface area contributed by atoms with Crippen LogP contribution in [0.1, 0.15) is 12.8 Å². The average Bonchev–Trinajstić information content (AvgIpc) is 2.40. The Labute approximate surface area is 145 Å². The summed E-state index contributed by atoms with van der Waals surface area (Å²) in [5, 5.41) is 0. The van der Waals surface area contributed by atoms with Gasteiger partial charge in [-0.15, -0.1) is 20.8 Å². The van der Waals surface area contributed by atoms with E-state index >= 15 is 0 Å². The fraction of sp³-hybridized carbons (Fsp3) is 0.846. The minimum atomic E-state index is -0.314. The highest BCUT2D eigenvalue weighted by molar-refractivity contribution is 7.16. The van der Waals surface area contributed by atoms with Crippen molar-refractivity contribution in [2.75, 3.05) is 60.1 Å². The largest absolute Gasteiger partial charge is 0.322 e. The van der Waals surface area contributed by atoms with Gasteiger partial charge >= 0.3 is 5.91 Å². The summed E-state index contributed by atoms with van der Waals surface area (Å²) >= 11 is 5.46. The van der Waals surface area contributed by atoms with Gasteiger partial charge in [-0.1, -0.05) is 0 Å². The number of carbonyl (C=O) groups excluding carboxylic acids is 2. The Morgan fingerprint density at radius 1 is 1.00 bits per heavy atom. The number of alkyl halides is 1. The lowest BCUT2D eigenvalue weighted by atomic mass is 10.3. The number of nitrogens with zero attached hydrogens (tertiary/aromatic N) is 2. The zero-order chi connectivity index (χ0) is 17.9. The van der Waals surface area contributed by atoms with Gasteiger partial charge in [0.15, 0.2) is 6.54 Å². The predicted molar refractivity (Wildman–Crippen MR) is 91.8 cm³/mol. The number of quaternary nitrogens is 2. The standard InChI is InChI=1S/C13H28ClN4O4P/c1-17(2,7-5-6-8-21-22-11-23)16-13(20)10-18(3,4)15-12(19)9-14/h5-11,23H2,1-4H3/p+2. The van der Waals surface area contributed by atoms with Crippen LogP contribution in [0, 0.1) is 0 Å². The summed E-state index contributed by atoms with van der Waals surface area (Å²) in [7, 11) is 9.69. The Kier molecular flexibility index (Phi) is 10.9. The summed E-state index contributed by atoms with van der Waals surface area (Å²) in [5.41, 5.74) is 5.59. The maximum atomic E-state index is 12.1. The molecule has 0 rings (SSSR count). The Morgan fingerprint density at radius 2 is 1.61 bits per heavy atom. The second-order valence-corrected chi connectivity index (χ2v) is 6.87. The average molecular weight is 373 g/mol. The molecule has 2 N–H and O–H groups in total. The zero-order valence-electron chi connectivity index (χ0n) is 14.4. The molecule has 0 saturated heterocycles. The molecule has 0 saturated carbocycles. The first-order valence-corrected chi connectivity index (χ1v) is 8.75. The number of unbranched alkanes of at least 4 members (excludes halogenated alkanes) is 1. The van der Waals surface area contributed by atoms with Gasteiger partial charge in [-0.25, -0.2) is 24.4 Å². The van der Waals surface area contributed by atoms with Crippen LogP contribution in [-0.2, 0) is 19.4 Å². The third-order valence-electron chi connectivity index (χ3n) is 2.86. The Balaban J connectivity index is 4.12. The normalized spacial score (nSPS) is 12.1. The highest BCUT2D eigenvalue weighted by Crippen LogP contribution is 2.00. The van der Waals surface area contributed by atoms with Crippen molar-refractivity contribution in [2.24, 2.45) is 0 Å². The third-order valence-corrected chi connectivity index (χ3v) is 3.24. The van der Waals surface area contributed by atoms with E-state index in [4.69, 9.17) is 21.4 Å². The molecule has 0 heterocycles. The third kappa shape index (κ3) is 12.6. The summed E-state index contributed by atoms with van der Waals surface area (Å²) in [4.78, 5) is 33.2. The lowest BCUT2D eigenvalue weighted by molar-refractivity contribution is -0.935. The van der Waals surface area contributed by atoms with E-state index in [0.29, 0.717) is 17.5 Å². The number of amides is 2. The van der Waals surface area contributed by atoms with Gasteiger partial charge in [0.25, 0.3) is 5.91 Å². The van der Waals surface area contributed by atoms with Crippen molar-refractivity contribution in [1.29, 1.82) is 0 Å². The molecular weight excluding hydrogens is 343 g/mol. The molecule has 0 aliphatic heterocycles. The van der Waals surface area contributed by atoms with Crippen LogP contribution in [0.15, 0.2) is 0 Å². The van der Waals surface area contributed by atoms with Crippen molar-refractivity contribution in [1.82, 2.24) is 10.9 Å². The van der Waals surface area contributed by atoms with Crippen molar-refractivity contribution in [3.8, 4) is 0 Å². The van der Waals surface area contributed by atoms with E-state index in [1.165, 1.54) is 0 Å². The molecule has 8 nitrogen and oxygen atoms in total. The van der Waals surface area contributed by atoms with E-state index in [0.717, 1.165) is 19.4 Å². The van der Waals surface area contributed by atoms with E-state index in [1.54, 1.807) is 14.1 Å². The van der Waals surface area contributed by atoms with Crippen molar-refractivity contribution in [3.63, 3.8) is 0 Å². The van der Waals surface area contributed by atoms with Crippen LogP contribution in [0.5, 0.6) is 0 Å². The minimum Gasteiger partial charge on any atom is -0.269 e. The number of carbonyl (C=O) groups is 2. The molecule has 0 aromatic rings. The molecule has 0 fully saturated rings. The molecular formula is C13H30ClN4O4P+2. The number of hydrogen-bond acceptors (Lipinski definition) is 4. The fourth-order valence-corrected chi connectivity index (χ4v) is 2.13. The van der Waals surface area contributed by atoms with E-state index in [2.05, 4.69) is 20.1 Å². The summed E-state index contributed by atoms with van der Waals surface area (Å²) < 4.78 is 0.393. The van der Waals surface area contributed by atoms with Crippen LogP contribution in [0.4, 0.5) is 0 Å². The molecule has 0 aromatic heterocycles. The molecule has 0 radical (unpaired) electrons. The molecule has 136 valence electrons. The molecule has 0 aliphatic carbocycles. The Hall–Kier alpha value is -0.500. The number of nitrogens with one attached hydrogen (secondary N) is 2. The summed E-state index contributed by atoms with van der Waals surface area (Å²) in [6, 6.07) is 0. The molecule has 2 amide bonds. The molecule has 0 aromatic carbocycles. The van der Waals surface area contributed by atoms with E-state index in [-0.39, 0.29) is 28.8 Å². The predicted octanol–water partition coefficient (Wildman–Crippen LogP) is 0.00140. The van der Waals surface area contributed by atoms with Crippen LogP contribution < -0.4 is 10.9 Å². The van der Waals surface area contributed by atoms with Gasteiger partial charge in [0.2, 0.25) is 0 Å². The topological polar surface area (TPSA) is 76.7 Å². The summed E-state index contributed by atoms with van der Waals surface area (Å²) in [6.07, 6.45) is 2.18. The second kappa shape index (κ2) is 11.1. The van der Waals surface area contributed by atoms with Gasteiger partial charge in [0.1, 0.15) is 12.4 Å². The first-order valence-electron chi connectivity index (χ1n) is 7.40. The molecule has 1 unspecified atom stereocenters. The number of hydrogen-bond donors (Lipinski definition) is 2. The second-order valence-electron chi connectivity index (χ2n) is 6.27. The van der Waals surface area contributed by atoms with Crippen LogP contribution in [0.3, 0.4) is 0 Å². The summed E-state index contributed by atoms with van der Waals surface area (Å²) in [6.45, 7) is 1.41. The van der Waals surface area contributed by atoms with E-state index in [9.17, 15) is 9.59 Å². The first kappa shape index (κ1) is 22.5. The number of halogens is 1. The SMILES string of the molecule is C[N+](C)(CCCCOOCP)NC(=O)C[N+](C)(C)NC(=O)CCl. The molecule has 0 aliphatic rings. The highest BCUT2D eigenvalue weighted by Gasteiger charge is 2.27. The molecule has 0 spiro atoms. The quantitative estimate of drug-likeness (QED) is 0.126. The highest BCUT2D eigenvalue weighted by atomic mass is 35.5. The Bertz CT molecular complexity index is 383. The van der Waals surface area contributed by atoms with E-state index in [1.807, 2.05) is 14.1 Å². The van der Waals surface area contributed by atoms with Gasteiger partial charge in [0.05, 0.1) is 41.1 Å². The van der Waals surface area contributed by atoms with Crippen molar-refractivity contribution >= 4 is 32.7 Å². The Morgan fingerprint density at radius 3 is 2.17 bits per heavy atom. The maximum Gasteiger partial charge on any atom is 0.322 e. The van der Waals surface area contributed by atoms with Crippen LogP contribution in [0.25, 0.3) is 0 Å². The van der Waals surface area contributed by atoms with Gasteiger partial charge < -0.3 is 0 Å². The lowest BCUT2D eigenvalue weighted by Crippen LogP contribution is -2.62. The number of rotatable bonds is 12. The van der Waals surface area contributed by atoms with Crippen LogP contribution in [0.2, 0.25) is 0 Å². The zero-order valence-corrected chi connectivity index (χ0v) is 16.3. The van der Waals surface area contributed by atoms with Gasteiger partial charge in [-0.2, -0.15) is 5.43 Å². The van der Waals surface area contributed by atoms with Gasteiger partial charge in [0, 0.05) is 6.42 Å². The maximum absolute atomic E-state index is 12.1. The number of likely N-dealkylation sites (N-methyl/N-ethyl adjacent to an activating group) is 1. The lowest BCUT2D eigenvalue weighted by Gasteiger charge is -2.32. The van der Waals surface area contributed by atoms with Gasteiger partial charge in [-0.3, -0.25) is 9.59 Å². The van der Waals surface area contributed by atoms with Crippen LogP contribution in [-0.4, -0.2) is 81.1 Å². The first-order chi connectivity index (χ1) is 10.6. The van der Waals surface area contributed by atoms with Crippen molar-refractivity contribution in [2.45, 2.75) is 12.8 Å². The fourth-order valence-electron chi connectivity index (χ4n) is 1.97. The van der Waals surface area contributed by atoms with Crippen molar-refractivity contribution < 1.29 is 28.5 Å². The molecule has 1 atom stereocenters. The van der Waals surface area contributed by atoms with E-state index < -0.39 is 0 Å². The molecule has 10 heteroatoms. The van der Waals surface area contributed by atoms with Gasteiger partial charge in [-0.05, 0) is 6.42 Å². The summed E-state index contributed by atoms with van der Waals surface area (Å²) in [5.74, 6) is -0.601. The smallest absolute Gasteiger partial charge is 0.269 e. The monoisotopic (exact) mass is 372 g/mol. The minimum absolute atomic E-state index is 0.0393.